The summed E-state index contributed by atoms with van der Waals surface area (Å²) in [5.74, 6) is -2.46. The van der Waals surface area contributed by atoms with Gasteiger partial charge in [0.2, 0.25) is 0 Å². The number of ether oxygens (including phenoxy) is 2. The van der Waals surface area contributed by atoms with Gasteiger partial charge in [-0.05, 0) is 45.9 Å². The highest BCUT2D eigenvalue weighted by Crippen LogP contribution is 2.24. The van der Waals surface area contributed by atoms with Gasteiger partial charge in [-0.15, -0.1) is 0 Å². The first kappa shape index (κ1) is 17.7. The molecular formula is C17H19NO6. The molecule has 0 unspecified atom stereocenters. The van der Waals surface area contributed by atoms with Gasteiger partial charge < -0.3 is 9.47 Å². The van der Waals surface area contributed by atoms with E-state index in [0.29, 0.717) is 0 Å². The summed E-state index contributed by atoms with van der Waals surface area (Å²) in [6.07, 6.45) is -0.643. The average Bonchev–Trinajstić information content (AvgIpc) is 2.70. The van der Waals surface area contributed by atoms with Crippen molar-refractivity contribution in [3.8, 4) is 0 Å². The molecular weight excluding hydrogens is 314 g/mol. The summed E-state index contributed by atoms with van der Waals surface area (Å²) in [4.78, 5) is 49.1. The van der Waals surface area contributed by atoms with Crippen molar-refractivity contribution in [1.82, 2.24) is 4.90 Å². The summed E-state index contributed by atoms with van der Waals surface area (Å²) in [6, 6.07) is 4.12. The predicted molar refractivity (Wildman–Crippen MR) is 83.6 cm³/mol. The number of nitrogens with zero attached hydrogens (tertiary/aromatic N) is 1. The van der Waals surface area contributed by atoms with E-state index in [-0.39, 0.29) is 28.9 Å². The van der Waals surface area contributed by atoms with Gasteiger partial charge in [0.15, 0.2) is 0 Å². The summed E-state index contributed by atoms with van der Waals surface area (Å²) >= 11 is 0. The molecule has 0 spiro atoms. The smallest absolute Gasteiger partial charge is 0.338 e. The lowest BCUT2D eigenvalue weighted by Gasteiger charge is -2.14. The number of amides is 2. The second kappa shape index (κ2) is 6.82. The van der Waals surface area contributed by atoms with Crippen LogP contribution in [0.15, 0.2) is 18.2 Å². The highest BCUT2D eigenvalue weighted by Gasteiger charge is 2.37. The third-order valence-electron chi connectivity index (χ3n) is 3.20. The van der Waals surface area contributed by atoms with Crippen LogP contribution in [0.4, 0.5) is 0 Å². The first-order valence-electron chi connectivity index (χ1n) is 7.61. The Morgan fingerprint density at radius 2 is 1.54 bits per heavy atom. The van der Waals surface area contributed by atoms with E-state index < -0.39 is 30.3 Å². The van der Waals surface area contributed by atoms with Gasteiger partial charge in [-0.25, -0.2) is 4.79 Å². The van der Waals surface area contributed by atoms with Crippen molar-refractivity contribution in [3.05, 3.63) is 34.9 Å². The molecule has 0 aromatic heterocycles. The molecule has 2 rings (SSSR count). The fourth-order valence-corrected chi connectivity index (χ4v) is 2.27. The molecule has 1 heterocycles. The van der Waals surface area contributed by atoms with E-state index in [0.717, 1.165) is 4.90 Å². The maximum absolute atomic E-state index is 12.4. The van der Waals surface area contributed by atoms with E-state index in [1.807, 2.05) is 0 Å². The standard InChI is InChI=1S/C17H19NO6/c1-9(2)23-14(19)8-18-15(20)12-6-5-11(7-13(12)16(18)21)17(22)24-10(3)4/h5-7,9-10H,8H2,1-4H3. The van der Waals surface area contributed by atoms with Gasteiger partial charge in [0.05, 0.1) is 28.9 Å². The average molecular weight is 333 g/mol. The summed E-state index contributed by atoms with van der Waals surface area (Å²) in [6.45, 7) is 6.31. The second-order valence-corrected chi connectivity index (χ2v) is 5.95. The van der Waals surface area contributed by atoms with Crippen LogP contribution in [0.3, 0.4) is 0 Å². The fraction of sp³-hybridized carbons (Fsp3) is 0.412. The molecule has 1 aromatic carbocycles. The number of fused-ring (bicyclic) bond motifs is 1. The van der Waals surface area contributed by atoms with Crippen LogP contribution < -0.4 is 0 Å². The normalized spacial score (nSPS) is 13.5. The number of imide groups is 1. The third-order valence-corrected chi connectivity index (χ3v) is 3.20. The molecule has 0 aliphatic carbocycles. The van der Waals surface area contributed by atoms with Crippen molar-refractivity contribution >= 4 is 23.8 Å². The van der Waals surface area contributed by atoms with E-state index in [1.165, 1.54) is 18.2 Å². The van der Waals surface area contributed by atoms with Crippen LogP contribution in [0.25, 0.3) is 0 Å². The number of benzene rings is 1. The Labute approximate surface area is 139 Å². The minimum absolute atomic E-state index is 0.0792. The Hall–Kier alpha value is -2.70. The van der Waals surface area contributed by atoms with Crippen LogP contribution in [-0.2, 0) is 14.3 Å². The van der Waals surface area contributed by atoms with E-state index in [2.05, 4.69) is 0 Å². The van der Waals surface area contributed by atoms with Gasteiger partial charge in [-0.3, -0.25) is 19.3 Å². The zero-order valence-electron chi connectivity index (χ0n) is 14.0. The lowest BCUT2D eigenvalue weighted by Crippen LogP contribution is -2.36. The van der Waals surface area contributed by atoms with E-state index in [1.54, 1.807) is 27.7 Å². The first-order valence-corrected chi connectivity index (χ1v) is 7.61. The zero-order chi connectivity index (χ0) is 18.0. The van der Waals surface area contributed by atoms with Crippen LogP contribution >= 0.6 is 0 Å². The largest absolute Gasteiger partial charge is 0.462 e. The summed E-state index contributed by atoms with van der Waals surface area (Å²) in [7, 11) is 0. The molecule has 24 heavy (non-hydrogen) atoms. The van der Waals surface area contributed by atoms with Crippen molar-refractivity contribution in [2.24, 2.45) is 0 Å². The molecule has 1 aromatic rings. The summed E-state index contributed by atoms with van der Waals surface area (Å²) in [5.41, 5.74) is 0.407. The Morgan fingerprint density at radius 3 is 2.12 bits per heavy atom. The molecule has 0 N–H and O–H groups in total. The Morgan fingerprint density at radius 1 is 0.958 bits per heavy atom. The fourth-order valence-electron chi connectivity index (χ4n) is 2.27. The van der Waals surface area contributed by atoms with Crippen molar-refractivity contribution in [3.63, 3.8) is 0 Å². The monoisotopic (exact) mass is 333 g/mol. The highest BCUT2D eigenvalue weighted by molar-refractivity contribution is 6.22. The van der Waals surface area contributed by atoms with Crippen molar-refractivity contribution in [2.45, 2.75) is 39.9 Å². The summed E-state index contributed by atoms with van der Waals surface area (Å²) in [5, 5.41) is 0. The van der Waals surface area contributed by atoms with Crippen molar-refractivity contribution in [2.75, 3.05) is 6.54 Å². The maximum atomic E-state index is 12.4. The van der Waals surface area contributed by atoms with Crippen LogP contribution in [0.1, 0.15) is 58.8 Å². The van der Waals surface area contributed by atoms with Crippen LogP contribution in [-0.4, -0.2) is 47.4 Å². The predicted octanol–water partition coefficient (Wildman–Crippen LogP) is 1.80. The van der Waals surface area contributed by atoms with Crippen molar-refractivity contribution < 1.29 is 28.7 Å². The maximum Gasteiger partial charge on any atom is 0.338 e. The number of hydrogen-bond donors (Lipinski definition) is 0. The Balaban J connectivity index is 2.22. The molecule has 0 saturated heterocycles. The molecule has 2 amide bonds. The van der Waals surface area contributed by atoms with Gasteiger partial charge in [-0.2, -0.15) is 0 Å². The lowest BCUT2D eigenvalue weighted by molar-refractivity contribution is -0.147. The van der Waals surface area contributed by atoms with E-state index in [4.69, 9.17) is 9.47 Å². The molecule has 0 bridgehead atoms. The molecule has 7 nitrogen and oxygen atoms in total. The van der Waals surface area contributed by atoms with Gasteiger partial charge in [0.25, 0.3) is 11.8 Å². The minimum Gasteiger partial charge on any atom is -0.462 e. The molecule has 1 aliphatic rings. The first-order chi connectivity index (χ1) is 11.2. The number of carbonyl (C=O) groups is 4. The van der Waals surface area contributed by atoms with Gasteiger partial charge in [-0.1, -0.05) is 0 Å². The van der Waals surface area contributed by atoms with Gasteiger partial charge in [0.1, 0.15) is 6.54 Å². The molecule has 0 fully saturated rings. The number of hydrogen-bond acceptors (Lipinski definition) is 6. The zero-order valence-corrected chi connectivity index (χ0v) is 14.0. The van der Waals surface area contributed by atoms with Gasteiger partial charge in [0, 0.05) is 0 Å². The summed E-state index contributed by atoms with van der Waals surface area (Å²) < 4.78 is 10.0. The van der Waals surface area contributed by atoms with Crippen molar-refractivity contribution in [1.29, 1.82) is 0 Å². The van der Waals surface area contributed by atoms with Gasteiger partial charge >= 0.3 is 11.9 Å². The lowest BCUT2D eigenvalue weighted by atomic mass is 10.1. The number of rotatable bonds is 5. The topological polar surface area (TPSA) is 90.0 Å². The molecule has 1 aliphatic heterocycles. The quantitative estimate of drug-likeness (QED) is 0.603. The molecule has 0 saturated carbocycles. The molecule has 0 atom stereocenters. The molecule has 0 radical (unpaired) electrons. The second-order valence-electron chi connectivity index (χ2n) is 5.95. The van der Waals surface area contributed by atoms with Crippen LogP contribution in [0, 0.1) is 0 Å². The Bertz CT molecular complexity index is 707. The third kappa shape index (κ3) is 3.61. The van der Waals surface area contributed by atoms with Crippen LogP contribution in [0.2, 0.25) is 0 Å². The molecule has 7 heteroatoms. The molecule has 128 valence electrons. The number of esters is 2. The van der Waals surface area contributed by atoms with E-state index in [9.17, 15) is 19.2 Å². The Kier molecular flexibility index (Phi) is 5.02. The SMILES string of the molecule is CC(C)OC(=O)CN1C(=O)c2ccc(C(=O)OC(C)C)cc2C1=O. The van der Waals surface area contributed by atoms with E-state index >= 15 is 0 Å². The minimum atomic E-state index is -0.668. The highest BCUT2D eigenvalue weighted by atomic mass is 16.5. The van der Waals surface area contributed by atoms with Crippen LogP contribution in [0.5, 0.6) is 0 Å². The number of carbonyl (C=O) groups excluding carboxylic acids is 4.